The topological polar surface area (TPSA) is 77.8 Å². The van der Waals surface area contributed by atoms with Crippen molar-refractivity contribution in [3.63, 3.8) is 0 Å². The summed E-state index contributed by atoms with van der Waals surface area (Å²) >= 11 is 1.15. The second-order valence-corrected chi connectivity index (χ2v) is 11.3. The summed E-state index contributed by atoms with van der Waals surface area (Å²) in [6.07, 6.45) is 6.10. The normalized spacial score (nSPS) is 26.6. The molecule has 0 radical (unpaired) electrons. The Morgan fingerprint density at radius 1 is 1.13 bits per heavy atom. The zero-order valence-electron chi connectivity index (χ0n) is 19.1. The maximum Gasteiger partial charge on any atom is 0.348 e. The zero-order valence-corrected chi connectivity index (χ0v) is 19.9. The number of thiophene rings is 1. The number of aliphatic hydroxyl groups excluding tert-OH is 1. The number of carboxylic acids is 1. The molecule has 31 heavy (non-hydrogen) atoms. The molecule has 0 bridgehead atoms. The number of carbonyl (C=O) groups is 2. The quantitative estimate of drug-likeness (QED) is 0.614. The molecule has 1 heterocycles. The molecule has 0 spiro atoms. The van der Waals surface area contributed by atoms with E-state index in [1.165, 1.54) is 0 Å². The number of hydrogen-bond acceptors (Lipinski definition) is 4. The number of rotatable bonds is 4. The van der Waals surface area contributed by atoms with Gasteiger partial charge in [-0.2, -0.15) is 0 Å². The highest BCUT2D eigenvalue weighted by Gasteiger charge is 2.37. The molecule has 0 saturated heterocycles. The van der Waals surface area contributed by atoms with Crippen LogP contribution < -0.4 is 4.90 Å². The van der Waals surface area contributed by atoms with Gasteiger partial charge >= 0.3 is 5.97 Å². The lowest BCUT2D eigenvalue weighted by atomic mass is 9.81. The molecule has 2 fully saturated rings. The van der Waals surface area contributed by atoms with Crippen LogP contribution in [0.1, 0.15) is 93.6 Å². The van der Waals surface area contributed by atoms with Crippen molar-refractivity contribution in [2.45, 2.75) is 91.2 Å². The Kier molecular flexibility index (Phi) is 7.49. The van der Waals surface area contributed by atoms with E-state index in [-0.39, 0.29) is 34.3 Å². The van der Waals surface area contributed by atoms with Gasteiger partial charge in [0.1, 0.15) is 4.88 Å². The number of hydrogen-bond donors (Lipinski definition) is 2. The maximum atomic E-state index is 13.7. The van der Waals surface area contributed by atoms with E-state index in [9.17, 15) is 19.8 Å². The number of anilines is 1. The molecule has 1 aromatic heterocycles. The third-order valence-corrected chi connectivity index (χ3v) is 7.39. The number of carbonyl (C=O) groups excluding carboxylic acids is 1. The molecule has 5 nitrogen and oxygen atoms in total. The number of nitrogens with zero attached hydrogens (tertiary/aromatic N) is 1. The average Bonchev–Trinajstić information content (AvgIpc) is 3.12. The van der Waals surface area contributed by atoms with Gasteiger partial charge in [-0.25, -0.2) is 4.79 Å². The van der Waals surface area contributed by atoms with E-state index in [2.05, 4.69) is 18.8 Å². The van der Waals surface area contributed by atoms with Gasteiger partial charge in [0.2, 0.25) is 5.91 Å². The Balaban J connectivity index is 1.99. The average molecular weight is 448 g/mol. The Bertz CT molecular complexity index is 856. The lowest BCUT2D eigenvalue weighted by Crippen LogP contribution is -2.47. The first-order chi connectivity index (χ1) is 14.5. The van der Waals surface area contributed by atoms with Crippen molar-refractivity contribution < 1.29 is 19.8 Å². The fourth-order valence-electron chi connectivity index (χ4n) is 4.54. The zero-order chi connectivity index (χ0) is 22.8. The molecule has 0 unspecified atom stereocenters. The molecule has 2 saturated carbocycles. The molecule has 6 heteroatoms. The van der Waals surface area contributed by atoms with Crippen LogP contribution in [0.4, 0.5) is 5.69 Å². The Morgan fingerprint density at radius 2 is 1.74 bits per heavy atom. The fraction of sp³-hybridized carbons (Fsp3) is 0.680. The van der Waals surface area contributed by atoms with E-state index in [0.29, 0.717) is 42.2 Å². The van der Waals surface area contributed by atoms with Gasteiger partial charge in [0.05, 0.1) is 16.7 Å². The fourth-order valence-corrected chi connectivity index (χ4v) is 5.38. The molecule has 1 amide bonds. The molecular formula is C25H35NO4S. The van der Waals surface area contributed by atoms with Gasteiger partial charge in [-0.15, -0.1) is 11.3 Å². The van der Waals surface area contributed by atoms with Gasteiger partial charge < -0.3 is 15.1 Å². The number of amides is 1. The van der Waals surface area contributed by atoms with Gasteiger partial charge in [0.15, 0.2) is 0 Å². The van der Waals surface area contributed by atoms with Crippen molar-refractivity contribution in [1.29, 1.82) is 0 Å². The van der Waals surface area contributed by atoms with Crippen LogP contribution in [-0.2, 0) is 4.79 Å². The predicted octanol–water partition coefficient (Wildman–Crippen LogP) is 5.31. The SMILES string of the molecule is CC1CCC(C(=O)N(c2cc(C#CC(C)(C)C)sc2[14C](=O)O)[C@H]2CC[C@H](O)CC2)CC1. The molecule has 0 aromatic carbocycles. The summed E-state index contributed by atoms with van der Waals surface area (Å²) in [5.41, 5.74) is 0.294. The van der Waals surface area contributed by atoms with Crippen molar-refractivity contribution in [2.24, 2.45) is 17.3 Å². The van der Waals surface area contributed by atoms with Crippen LogP contribution in [0, 0.1) is 29.1 Å². The Morgan fingerprint density at radius 3 is 2.29 bits per heavy atom. The lowest BCUT2D eigenvalue weighted by molar-refractivity contribution is -0.124. The second-order valence-electron chi connectivity index (χ2n) is 10.3. The van der Waals surface area contributed by atoms with Gasteiger partial charge in [0, 0.05) is 17.4 Å². The number of aromatic carboxylic acids is 1. The van der Waals surface area contributed by atoms with Crippen LogP contribution in [0.25, 0.3) is 0 Å². The van der Waals surface area contributed by atoms with Crippen LogP contribution in [0.15, 0.2) is 6.07 Å². The third-order valence-electron chi connectivity index (χ3n) is 6.36. The van der Waals surface area contributed by atoms with E-state index in [4.69, 9.17) is 0 Å². The summed E-state index contributed by atoms with van der Waals surface area (Å²) in [7, 11) is 0. The van der Waals surface area contributed by atoms with E-state index in [1.54, 1.807) is 11.0 Å². The summed E-state index contributed by atoms with van der Waals surface area (Å²) in [4.78, 5) is 28.5. The molecule has 170 valence electrons. The first-order valence-corrected chi connectivity index (χ1v) is 12.3. The third kappa shape index (κ3) is 6.11. The van der Waals surface area contributed by atoms with Gasteiger partial charge in [0.25, 0.3) is 0 Å². The molecule has 0 atom stereocenters. The first-order valence-electron chi connectivity index (χ1n) is 11.5. The van der Waals surface area contributed by atoms with Crippen molar-refractivity contribution >= 4 is 28.9 Å². The lowest BCUT2D eigenvalue weighted by Gasteiger charge is -2.38. The van der Waals surface area contributed by atoms with Crippen LogP contribution in [-0.4, -0.2) is 34.2 Å². The summed E-state index contributed by atoms with van der Waals surface area (Å²) in [6.45, 7) is 8.27. The molecule has 3 rings (SSSR count). The highest BCUT2D eigenvalue weighted by molar-refractivity contribution is 7.15. The predicted molar refractivity (Wildman–Crippen MR) is 124 cm³/mol. The van der Waals surface area contributed by atoms with Crippen LogP contribution >= 0.6 is 11.3 Å². The molecule has 1 aromatic rings. The Hall–Kier alpha value is -1.84. The largest absolute Gasteiger partial charge is 0.477 e. The molecule has 2 aliphatic carbocycles. The first kappa shape index (κ1) is 23.8. The Labute approximate surface area is 189 Å². The second kappa shape index (κ2) is 9.75. The minimum absolute atomic E-state index is 0.0453. The van der Waals surface area contributed by atoms with Gasteiger partial charge in [-0.1, -0.05) is 18.8 Å². The monoisotopic (exact) mass is 447 g/mol. The minimum Gasteiger partial charge on any atom is -0.477 e. The van der Waals surface area contributed by atoms with Gasteiger partial charge in [-0.05, 0) is 84.1 Å². The van der Waals surface area contributed by atoms with E-state index < -0.39 is 5.97 Å². The smallest absolute Gasteiger partial charge is 0.348 e. The number of carboxylic acid groups (broad SMARTS) is 1. The molecule has 0 aliphatic heterocycles. The van der Waals surface area contributed by atoms with Crippen LogP contribution in [0.2, 0.25) is 0 Å². The van der Waals surface area contributed by atoms with Gasteiger partial charge in [-0.3, -0.25) is 4.79 Å². The summed E-state index contributed by atoms with van der Waals surface area (Å²) in [5, 5.41) is 19.9. The minimum atomic E-state index is -1.02. The molecule has 2 aliphatic rings. The van der Waals surface area contributed by atoms with Crippen molar-refractivity contribution in [2.75, 3.05) is 4.90 Å². The van der Waals surface area contributed by atoms with E-state index in [1.807, 2.05) is 20.8 Å². The van der Waals surface area contributed by atoms with Crippen molar-refractivity contribution in [1.82, 2.24) is 0 Å². The van der Waals surface area contributed by atoms with Crippen LogP contribution in [0.3, 0.4) is 0 Å². The maximum absolute atomic E-state index is 13.7. The van der Waals surface area contributed by atoms with Crippen molar-refractivity contribution in [3.8, 4) is 11.8 Å². The molecule has 2 N–H and O–H groups in total. The number of aliphatic hydroxyl groups is 1. The molecular weight excluding hydrogens is 412 g/mol. The summed E-state index contributed by atoms with van der Waals surface area (Å²) in [5.74, 6) is 5.89. The van der Waals surface area contributed by atoms with Crippen molar-refractivity contribution in [3.05, 3.63) is 15.8 Å². The van der Waals surface area contributed by atoms with E-state index in [0.717, 1.165) is 37.0 Å². The highest BCUT2D eigenvalue weighted by atomic mass is 32.1. The summed E-state index contributed by atoms with van der Waals surface area (Å²) < 4.78 is 0. The van der Waals surface area contributed by atoms with Crippen LogP contribution in [0.5, 0.6) is 0 Å². The van der Waals surface area contributed by atoms with E-state index >= 15 is 0 Å². The summed E-state index contributed by atoms with van der Waals surface area (Å²) in [6, 6.07) is 1.72. The standard InChI is InChI=1S/C25H35NO4S/c1-16-5-7-17(8-6-16)23(28)26(18-9-11-19(27)12-10-18)21-15-20(13-14-25(2,3)4)31-22(21)24(29)30/h15-19,27H,5-12H2,1-4H3,(H,29,30)/t16?,17?,18-,19-/i24+2. The highest BCUT2D eigenvalue weighted by Crippen LogP contribution is 2.38.